The Morgan fingerprint density at radius 2 is 1.96 bits per heavy atom. The van der Waals surface area contributed by atoms with Crippen molar-refractivity contribution in [3.8, 4) is 5.69 Å². The topological polar surface area (TPSA) is 82.3 Å². The van der Waals surface area contributed by atoms with Gasteiger partial charge in [-0.1, -0.05) is 18.2 Å². The van der Waals surface area contributed by atoms with Crippen LogP contribution in [-0.4, -0.2) is 57.0 Å². The highest BCUT2D eigenvalue weighted by Crippen LogP contribution is 2.15. The van der Waals surface area contributed by atoms with Crippen LogP contribution in [0.1, 0.15) is 21.0 Å². The highest BCUT2D eigenvalue weighted by Gasteiger charge is 2.23. The van der Waals surface area contributed by atoms with Gasteiger partial charge in [-0.25, -0.2) is 9.48 Å². The van der Waals surface area contributed by atoms with Crippen LogP contribution in [0.15, 0.2) is 54.9 Å². The molecule has 0 aliphatic carbocycles. The molecule has 0 unspecified atom stereocenters. The molecule has 3 rings (SSSR count). The number of benzene rings is 1. The summed E-state index contributed by atoms with van der Waals surface area (Å²) in [5, 5.41) is 8.37. The summed E-state index contributed by atoms with van der Waals surface area (Å²) in [7, 11) is 2.98. The molecule has 2 aromatic heterocycles. The molecular formula is C18H19N5O3. The molecule has 0 fully saturated rings. The van der Waals surface area contributed by atoms with Crippen LogP contribution < -0.4 is 0 Å². The molecule has 0 N–H and O–H groups in total. The minimum atomic E-state index is -0.590. The average Bonchev–Trinajstić information content (AvgIpc) is 3.35. The van der Waals surface area contributed by atoms with Crippen LogP contribution in [0.2, 0.25) is 0 Å². The molecule has 0 radical (unpaired) electrons. The molecule has 0 saturated heterocycles. The zero-order valence-corrected chi connectivity index (χ0v) is 14.6. The van der Waals surface area contributed by atoms with Crippen molar-refractivity contribution in [3.05, 3.63) is 66.2 Å². The Kier molecular flexibility index (Phi) is 5.12. The van der Waals surface area contributed by atoms with Crippen LogP contribution in [0.3, 0.4) is 0 Å². The van der Waals surface area contributed by atoms with E-state index in [1.807, 2.05) is 42.6 Å². The van der Waals surface area contributed by atoms with Crippen molar-refractivity contribution < 1.29 is 14.3 Å². The SMILES string of the molecule is COC(=O)c1cc(C(=O)N(C)CCn2cccn2)n(-c2ccccc2)n1. The number of aromatic nitrogens is 4. The lowest BCUT2D eigenvalue weighted by molar-refractivity contribution is 0.0593. The molecule has 8 heteroatoms. The van der Waals surface area contributed by atoms with Crippen LogP contribution in [0.25, 0.3) is 5.69 Å². The predicted molar refractivity (Wildman–Crippen MR) is 94.1 cm³/mol. The van der Waals surface area contributed by atoms with Gasteiger partial charge in [0.2, 0.25) is 0 Å². The second-order valence-electron chi connectivity index (χ2n) is 5.65. The van der Waals surface area contributed by atoms with Crippen LogP contribution in [0, 0.1) is 0 Å². The van der Waals surface area contributed by atoms with E-state index in [2.05, 4.69) is 10.2 Å². The summed E-state index contributed by atoms with van der Waals surface area (Å²) >= 11 is 0. The first-order valence-corrected chi connectivity index (χ1v) is 8.07. The van der Waals surface area contributed by atoms with E-state index in [-0.39, 0.29) is 11.6 Å². The number of hydrogen-bond acceptors (Lipinski definition) is 5. The van der Waals surface area contributed by atoms with Gasteiger partial charge in [-0.3, -0.25) is 9.48 Å². The largest absolute Gasteiger partial charge is 0.464 e. The highest BCUT2D eigenvalue weighted by molar-refractivity contribution is 5.96. The maximum absolute atomic E-state index is 12.9. The summed E-state index contributed by atoms with van der Waals surface area (Å²) in [6, 6.07) is 12.4. The summed E-state index contributed by atoms with van der Waals surface area (Å²) in [6.45, 7) is 1.03. The van der Waals surface area contributed by atoms with Gasteiger partial charge in [0.25, 0.3) is 5.91 Å². The van der Waals surface area contributed by atoms with Crippen molar-refractivity contribution in [3.63, 3.8) is 0 Å². The lowest BCUT2D eigenvalue weighted by Crippen LogP contribution is -2.31. The van der Waals surface area contributed by atoms with Gasteiger partial charge in [0.15, 0.2) is 5.69 Å². The third-order valence-corrected chi connectivity index (χ3v) is 3.89. The van der Waals surface area contributed by atoms with Crippen LogP contribution in [0.5, 0.6) is 0 Å². The number of nitrogens with zero attached hydrogens (tertiary/aromatic N) is 5. The summed E-state index contributed by atoms with van der Waals surface area (Å²) in [4.78, 5) is 26.3. The van der Waals surface area contributed by atoms with Gasteiger partial charge in [-0.05, 0) is 18.2 Å². The Morgan fingerprint density at radius 3 is 2.62 bits per heavy atom. The molecule has 8 nitrogen and oxygen atoms in total. The second-order valence-corrected chi connectivity index (χ2v) is 5.65. The van der Waals surface area contributed by atoms with Gasteiger partial charge in [0.1, 0.15) is 5.69 Å². The summed E-state index contributed by atoms with van der Waals surface area (Å²) < 4.78 is 7.93. The molecule has 1 amide bonds. The monoisotopic (exact) mass is 353 g/mol. The van der Waals surface area contributed by atoms with E-state index < -0.39 is 5.97 Å². The summed E-state index contributed by atoms with van der Waals surface area (Å²) in [5.41, 5.74) is 1.06. The number of hydrogen-bond donors (Lipinski definition) is 0. The third-order valence-electron chi connectivity index (χ3n) is 3.89. The minimum Gasteiger partial charge on any atom is -0.464 e. The number of para-hydroxylation sites is 1. The van der Waals surface area contributed by atoms with Crippen LogP contribution in [0.4, 0.5) is 0 Å². The Bertz CT molecular complexity index is 887. The fraction of sp³-hybridized carbons (Fsp3) is 0.222. The number of carbonyl (C=O) groups is 2. The van der Waals surface area contributed by atoms with Crippen LogP contribution >= 0.6 is 0 Å². The molecular weight excluding hydrogens is 334 g/mol. The van der Waals surface area contributed by atoms with Crippen molar-refractivity contribution in [2.75, 3.05) is 20.7 Å². The van der Waals surface area contributed by atoms with E-state index in [9.17, 15) is 9.59 Å². The maximum atomic E-state index is 12.9. The van der Waals surface area contributed by atoms with E-state index in [0.29, 0.717) is 24.5 Å². The van der Waals surface area contributed by atoms with E-state index in [4.69, 9.17) is 4.74 Å². The van der Waals surface area contributed by atoms with Crippen LogP contribution in [-0.2, 0) is 11.3 Å². The number of carbonyl (C=O) groups excluding carboxylic acids is 2. The number of likely N-dealkylation sites (N-methyl/N-ethyl adjacent to an activating group) is 1. The van der Waals surface area contributed by atoms with E-state index >= 15 is 0 Å². The molecule has 0 atom stereocenters. The molecule has 0 saturated carbocycles. The number of amides is 1. The molecule has 0 bridgehead atoms. The second kappa shape index (κ2) is 7.64. The number of esters is 1. The van der Waals surface area contributed by atoms with Gasteiger partial charge < -0.3 is 9.64 Å². The minimum absolute atomic E-state index is 0.0835. The van der Waals surface area contributed by atoms with E-state index in [0.717, 1.165) is 0 Å². The smallest absolute Gasteiger partial charge is 0.358 e. The zero-order chi connectivity index (χ0) is 18.5. The van der Waals surface area contributed by atoms with Crippen molar-refractivity contribution >= 4 is 11.9 Å². The fourth-order valence-corrected chi connectivity index (χ4v) is 2.49. The van der Waals surface area contributed by atoms with E-state index in [1.165, 1.54) is 17.9 Å². The predicted octanol–water partition coefficient (Wildman–Crippen LogP) is 1.63. The Labute approximate surface area is 150 Å². The van der Waals surface area contributed by atoms with Crippen molar-refractivity contribution in [1.29, 1.82) is 0 Å². The quantitative estimate of drug-likeness (QED) is 0.629. The Morgan fingerprint density at radius 1 is 1.19 bits per heavy atom. The van der Waals surface area contributed by atoms with Gasteiger partial charge in [-0.2, -0.15) is 10.2 Å². The standard InChI is InChI=1S/C18H19N5O3/c1-21(11-12-22-10-6-9-19-22)17(24)16-13-15(18(25)26-2)20-23(16)14-7-4-3-5-8-14/h3-10,13H,11-12H2,1-2H3. The summed E-state index contributed by atoms with van der Waals surface area (Å²) in [6.07, 6.45) is 3.52. The molecule has 0 spiro atoms. The molecule has 0 aliphatic heterocycles. The lowest BCUT2D eigenvalue weighted by atomic mass is 10.3. The van der Waals surface area contributed by atoms with Crippen molar-refractivity contribution in [1.82, 2.24) is 24.5 Å². The number of methoxy groups -OCH3 is 1. The van der Waals surface area contributed by atoms with Crippen molar-refractivity contribution in [2.45, 2.75) is 6.54 Å². The highest BCUT2D eigenvalue weighted by atomic mass is 16.5. The molecule has 26 heavy (non-hydrogen) atoms. The first-order chi connectivity index (χ1) is 12.6. The average molecular weight is 353 g/mol. The third kappa shape index (κ3) is 3.64. The first-order valence-electron chi connectivity index (χ1n) is 8.07. The normalized spacial score (nSPS) is 10.5. The molecule has 2 heterocycles. The maximum Gasteiger partial charge on any atom is 0.358 e. The Balaban J connectivity index is 1.88. The van der Waals surface area contributed by atoms with Gasteiger partial charge in [-0.15, -0.1) is 0 Å². The summed E-state index contributed by atoms with van der Waals surface area (Å²) in [5.74, 6) is -0.836. The molecule has 3 aromatic rings. The molecule has 0 aliphatic rings. The molecule has 134 valence electrons. The number of ether oxygens (including phenoxy) is 1. The first kappa shape index (κ1) is 17.4. The van der Waals surface area contributed by atoms with Gasteiger partial charge in [0.05, 0.1) is 19.3 Å². The Hall–Kier alpha value is -3.42. The molecule has 1 aromatic carbocycles. The van der Waals surface area contributed by atoms with Gasteiger partial charge in [0, 0.05) is 32.1 Å². The fourth-order valence-electron chi connectivity index (χ4n) is 2.49. The zero-order valence-electron chi connectivity index (χ0n) is 14.6. The number of rotatable bonds is 6. The van der Waals surface area contributed by atoms with Crippen molar-refractivity contribution in [2.24, 2.45) is 0 Å². The van der Waals surface area contributed by atoms with E-state index in [1.54, 1.807) is 22.8 Å². The lowest BCUT2D eigenvalue weighted by Gasteiger charge is -2.17. The van der Waals surface area contributed by atoms with Gasteiger partial charge >= 0.3 is 5.97 Å².